The molecular weight excluding hydrogens is 610 g/mol. The monoisotopic (exact) mass is 649 g/mol. The molecule has 6 N–H and O–H groups in total. The number of anilines is 3. The summed E-state index contributed by atoms with van der Waals surface area (Å²) in [5.41, 5.74) is 1.43. The number of aryl methyl sites for hydroxylation is 1. The van der Waals surface area contributed by atoms with Gasteiger partial charge in [-0.05, 0) is 69.8 Å². The number of nitrogens with zero attached hydrogens (tertiary/aromatic N) is 6. The van der Waals surface area contributed by atoms with E-state index < -0.39 is 17.7 Å². The lowest BCUT2D eigenvalue weighted by atomic mass is 10.0. The van der Waals surface area contributed by atoms with E-state index in [1.54, 1.807) is 41.3 Å². The number of aromatic nitrogens is 4. The molecule has 0 atom stereocenters. The SMILES string of the molecule is COc1c(Nc2cc(NC(=O)C3CC3)nnc2C(=O)NC(O)(O)O)cccc1-c1cc(C(=O)N2CCC(N3CCCC3)CC2)n(C)n1. The molecule has 3 fully saturated rings. The van der Waals surface area contributed by atoms with Gasteiger partial charge in [-0.1, -0.05) is 6.07 Å². The number of carbonyl (C=O) groups excluding carboxylic acids is 3. The first-order valence-corrected chi connectivity index (χ1v) is 15.7. The van der Waals surface area contributed by atoms with Crippen LogP contribution in [0.2, 0.25) is 0 Å². The maximum Gasteiger partial charge on any atom is 0.369 e. The van der Waals surface area contributed by atoms with Gasteiger partial charge in [-0.15, -0.1) is 10.2 Å². The van der Waals surface area contributed by atoms with E-state index in [4.69, 9.17) is 4.74 Å². The van der Waals surface area contributed by atoms with Gasteiger partial charge in [0.25, 0.3) is 11.8 Å². The van der Waals surface area contributed by atoms with E-state index in [9.17, 15) is 29.7 Å². The Morgan fingerprint density at radius 3 is 2.34 bits per heavy atom. The Morgan fingerprint density at radius 2 is 1.68 bits per heavy atom. The summed E-state index contributed by atoms with van der Waals surface area (Å²) in [7, 11) is 3.18. The van der Waals surface area contributed by atoms with Gasteiger partial charge in [0, 0.05) is 43.7 Å². The highest BCUT2D eigenvalue weighted by atomic mass is 16.7. The molecule has 16 heteroatoms. The molecule has 6 rings (SSSR count). The summed E-state index contributed by atoms with van der Waals surface area (Å²) in [5, 5.41) is 47.6. The molecule has 47 heavy (non-hydrogen) atoms. The first-order valence-electron chi connectivity index (χ1n) is 15.7. The van der Waals surface area contributed by atoms with Crippen LogP contribution >= 0.6 is 0 Å². The number of hydrogen-bond donors (Lipinski definition) is 6. The molecule has 2 saturated heterocycles. The first kappa shape index (κ1) is 32.3. The van der Waals surface area contributed by atoms with Crippen LogP contribution in [-0.4, -0.2) is 108 Å². The van der Waals surface area contributed by atoms with Gasteiger partial charge in [0.1, 0.15) is 5.69 Å². The van der Waals surface area contributed by atoms with Crippen molar-refractivity contribution in [2.24, 2.45) is 13.0 Å². The Labute approximate surface area is 270 Å². The number of rotatable bonds is 10. The molecule has 0 radical (unpaired) electrons. The second-order valence-electron chi connectivity index (χ2n) is 12.2. The number of methoxy groups -OCH3 is 1. The summed E-state index contributed by atoms with van der Waals surface area (Å²) in [4.78, 5) is 43.2. The Balaban J connectivity index is 1.25. The van der Waals surface area contributed by atoms with Crippen LogP contribution in [0.1, 0.15) is 59.5 Å². The van der Waals surface area contributed by atoms with Crippen LogP contribution in [0, 0.1) is 5.92 Å². The van der Waals surface area contributed by atoms with E-state index in [1.807, 2.05) is 4.90 Å². The normalized spacial score (nSPS) is 17.4. The number of amides is 3. The highest BCUT2D eigenvalue weighted by Gasteiger charge is 2.32. The molecule has 0 spiro atoms. The fraction of sp³-hybridized carbons (Fsp3) is 0.484. The average molecular weight is 650 g/mol. The smallest absolute Gasteiger partial charge is 0.369 e. The number of hydrogen-bond acceptors (Lipinski definition) is 12. The molecule has 1 aliphatic carbocycles. The summed E-state index contributed by atoms with van der Waals surface area (Å²) in [5.74, 6) is -1.24. The zero-order chi connectivity index (χ0) is 33.3. The number of nitrogens with one attached hydrogen (secondary N) is 3. The number of carbonyl (C=O) groups is 3. The number of likely N-dealkylation sites (tertiary alicyclic amines) is 2. The Bertz CT molecular complexity index is 1650. The lowest BCUT2D eigenvalue weighted by Crippen LogP contribution is -2.48. The Morgan fingerprint density at radius 1 is 0.957 bits per heavy atom. The number of benzene rings is 1. The van der Waals surface area contributed by atoms with Crippen molar-refractivity contribution in [1.29, 1.82) is 0 Å². The minimum Gasteiger partial charge on any atom is -0.494 e. The van der Waals surface area contributed by atoms with Crippen molar-refractivity contribution in [2.45, 2.75) is 50.7 Å². The van der Waals surface area contributed by atoms with Gasteiger partial charge < -0.3 is 40.5 Å². The molecule has 0 unspecified atom stereocenters. The van der Waals surface area contributed by atoms with Crippen LogP contribution in [-0.2, 0) is 11.8 Å². The van der Waals surface area contributed by atoms with Crippen LogP contribution in [0.15, 0.2) is 30.3 Å². The zero-order valence-corrected chi connectivity index (χ0v) is 26.3. The number of aliphatic hydroxyl groups is 3. The standard InChI is InChI=1S/C31H39N9O7/c1-38-24(30(43)40-14-10-19(11-15-40)39-12-3-4-13-39)16-22(37-38)20-6-5-7-21(27(20)47-2)32-23-17-25(33-28(41)18-8-9-18)35-36-26(23)29(42)34-31(44,45)46/h5-7,16-19,44-46H,3-4,8-15H2,1-2H3,(H,34,42)(H2,32,33,35,41). The molecule has 3 amide bonds. The van der Waals surface area contributed by atoms with Gasteiger partial charge >= 0.3 is 6.10 Å². The van der Waals surface area contributed by atoms with Crippen LogP contribution in [0.4, 0.5) is 17.2 Å². The molecule has 1 saturated carbocycles. The summed E-state index contributed by atoms with van der Waals surface area (Å²) in [6, 6.07) is 8.77. The molecule has 2 aromatic heterocycles. The molecule has 16 nitrogen and oxygen atoms in total. The Hall–Kier alpha value is -4.64. The second-order valence-corrected chi connectivity index (χ2v) is 12.2. The minimum atomic E-state index is -3.51. The minimum absolute atomic E-state index is 0.0116. The third kappa shape index (κ3) is 7.35. The van der Waals surface area contributed by atoms with Gasteiger partial charge in [-0.3, -0.25) is 24.4 Å². The van der Waals surface area contributed by atoms with Gasteiger partial charge in [0.2, 0.25) is 5.91 Å². The van der Waals surface area contributed by atoms with Crippen molar-refractivity contribution in [1.82, 2.24) is 35.1 Å². The highest BCUT2D eigenvalue weighted by Crippen LogP contribution is 2.38. The van der Waals surface area contributed by atoms with Gasteiger partial charge in [-0.2, -0.15) is 5.10 Å². The molecule has 2 aliphatic heterocycles. The van der Waals surface area contributed by atoms with Gasteiger partial charge in [-0.25, -0.2) is 0 Å². The van der Waals surface area contributed by atoms with Crippen molar-refractivity contribution in [3.63, 3.8) is 0 Å². The number of ether oxygens (including phenoxy) is 1. The highest BCUT2D eigenvalue weighted by molar-refractivity contribution is 6.00. The lowest BCUT2D eigenvalue weighted by Gasteiger charge is -2.36. The summed E-state index contributed by atoms with van der Waals surface area (Å²) in [6.45, 7) is 3.65. The Kier molecular flexibility index (Phi) is 9.09. The molecular formula is C31H39N9O7. The van der Waals surface area contributed by atoms with E-state index in [-0.39, 0.29) is 29.2 Å². The summed E-state index contributed by atoms with van der Waals surface area (Å²) >= 11 is 0. The van der Waals surface area contributed by atoms with E-state index in [0.29, 0.717) is 47.5 Å². The fourth-order valence-corrected chi connectivity index (χ4v) is 6.21. The molecule has 0 bridgehead atoms. The van der Waals surface area contributed by atoms with E-state index in [0.717, 1.165) is 38.8 Å². The topological polar surface area (TPSA) is 207 Å². The van der Waals surface area contributed by atoms with E-state index in [2.05, 4.69) is 30.8 Å². The maximum atomic E-state index is 13.6. The van der Waals surface area contributed by atoms with Crippen molar-refractivity contribution in [3.05, 3.63) is 41.7 Å². The molecule has 4 heterocycles. The van der Waals surface area contributed by atoms with E-state index >= 15 is 0 Å². The van der Waals surface area contributed by atoms with Gasteiger partial charge in [0.15, 0.2) is 17.3 Å². The van der Waals surface area contributed by atoms with Crippen LogP contribution in [0.5, 0.6) is 5.75 Å². The van der Waals surface area contributed by atoms with Crippen molar-refractivity contribution in [3.8, 4) is 17.0 Å². The van der Waals surface area contributed by atoms with Crippen molar-refractivity contribution in [2.75, 3.05) is 43.9 Å². The third-order valence-electron chi connectivity index (χ3n) is 8.76. The van der Waals surface area contributed by atoms with E-state index in [1.165, 1.54) is 26.0 Å². The number of para-hydroxylation sites is 1. The molecule has 3 aromatic rings. The predicted octanol–water partition coefficient (Wildman–Crippen LogP) is 0.996. The fourth-order valence-electron chi connectivity index (χ4n) is 6.21. The summed E-state index contributed by atoms with van der Waals surface area (Å²) < 4.78 is 7.32. The van der Waals surface area contributed by atoms with Crippen molar-refractivity contribution < 1.29 is 34.4 Å². The maximum absolute atomic E-state index is 13.6. The predicted molar refractivity (Wildman–Crippen MR) is 168 cm³/mol. The van der Waals surface area contributed by atoms with Crippen LogP contribution in [0.3, 0.4) is 0 Å². The van der Waals surface area contributed by atoms with Crippen LogP contribution in [0.25, 0.3) is 11.3 Å². The molecule has 250 valence electrons. The summed E-state index contributed by atoms with van der Waals surface area (Å²) in [6.07, 6.45) is 2.39. The van der Waals surface area contributed by atoms with Crippen molar-refractivity contribution >= 4 is 34.9 Å². The largest absolute Gasteiger partial charge is 0.494 e. The van der Waals surface area contributed by atoms with Gasteiger partial charge in [0.05, 0.1) is 24.2 Å². The molecule has 1 aromatic carbocycles. The first-order chi connectivity index (χ1) is 22.5. The third-order valence-corrected chi connectivity index (χ3v) is 8.76. The molecule has 3 aliphatic rings. The zero-order valence-electron chi connectivity index (χ0n) is 26.3. The quantitative estimate of drug-likeness (QED) is 0.170. The number of piperidine rings is 1. The average Bonchev–Trinajstić information content (AvgIpc) is 3.61. The van der Waals surface area contributed by atoms with Crippen LogP contribution < -0.4 is 20.7 Å². The lowest BCUT2D eigenvalue weighted by molar-refractivity contribution is -0.323. The second kappa shape index (κ2) is 13.2.